The maximum atomic E-state index is 12.9. The number of carboxylic acids is 3. The van der Waals surface area contributed by atoms with Gasteiger partial charge in [-0.25, -0.2) is 4.98 Å². The molecule has 4 rings (SSSR count). The summed E-state index contributed by atoms with van der Waals surface area (Å²) in [4.78, 5) is 66.3. The van der Waals surface area contributed by atoms with E-state index in [9.17, 15) is 34.5 Å². The number of aliphatic carboxylic acids is 3. The maximum Gasteiger partial charge on any atom is 2.00 e. The molecule has 0 atom stereocenters. The number of ether oxygens (including phenoxy) is 3. The summed E-state index contributed by atoms with van der Waals surface area (Å²) in [7, 11) is 3.17. The second kappa shape index (κ2) is 25.1. The molecule has 0 spiro atoms. The Bertz CT molecular complexity index is 1690. The van der Waals surface area contributed by atoms with Crippen LogP contribution in [0, 0.1) is 39.9 Å². The third-order valence-electron chi connectivity index (χ3n) is 8.92. The van der Waals surface area contributed by atoms with Gasteiger partial charge in [-0.05, 0) is 31.4 Å². The van der Waals surface area contributed by atoms with Crippen molar-refractivity contribution in [2.24, 2.45) is 0 Å². The summed E-state index contributed by atoms with van der Waals surface area (Å²) in [5, 5.41) is 35.8. The van der Waals surface area contributed by atoms with Gasteiger partial charge in [-0.2, -0.15) is 0 Å². The molecule has 1 saturated heterocycles. The van der Waals surface area contributed by atoms with E-state index in [0.717, 1.165) is 46.9 Å². The molecule has 0 bridgehead atoms. The number of nitrogens with one attached hydrogen (secondary N) is 2. The molecule has 3 N–H and O–H groups in total. The molecule has 0 unspecified atom stereocenters. The zero-order valence-electron chi connectivity index (χ0n) is 31.7. The molecule has 308 valence electrons. The zero-order chi connectivity index (χ0) is 39.6. The molecule has 3 heterocycles. The predicted octanol–water partition coefficient (Wildman–Crippen LogP) is -1.26. The third-order valence-corrected chi connectivity index (χ3v) is 9.80. The van der Waals surface area contributed by atoms with Crippen molar-refractivity contribution in [2.75, 3.05) is 106 Å². The number of carbonyl (C=O) groups excluding carboxylic acids is 3. The Balaban J connectivity index is 0.00000841. The van der Waals surface area contributed by atoms with E-state index >= 15 is 0 Å². The molecule has 3 aromatic rings. The quantitative estimate of drug-likeness (QED) is 0.0887. The Morgan fingerprint density at radius 1 is 0.839 bits per heavy atom. The van der Waals surface area contributed by atoms with Crippen LogP contribution in [0.2, 0.25) is 0 Å². The Hall–Kier alpha value is -3.37. The molecule has 2 aromatic heterocycles. The largest absolute Gasteiger partial charge is 2.00 e. The molecule has 0 radical (unpaired) electrons. The Morgan fingerprint density at radius 2 is 1.45 bits per heavy atom. The molecule has 1 aliphatic heterocycles. The van der Waals surface area contributed by atoms with E-state index < -0.39 is 17.9 Å². The van der Waals surface area contributed by atoms with Crippen molar-refractivity contribution in [3.8, 4) is 17.2 Å². The number of imidazole rings is 1. The number of carbonyl (C=O) groups is 4. The minimum Gasteiger partial charge on any atom is -0.549 e. The van der Waals surface area contributed by atoms with Gasteiger partial charge in [-0.1, -0.05) is 11.8 Å². The number of unbranched alkanes of at least 4 members (excludes halogenated alkanes) is 2. The summed E-state index contributed by atoms with van der Waals surface area (Å²) >= 11 is 1.50. The molecule has 1 aromatic carbocycles. The van der Waals surface area contributed by atoms with Crippen LogP contribution in [0.3, 0.4) is 0 Å². The van der Waals surface area contributed by atoms with Gasteiger partial charge >= 0.3 is 45.9 Å². The molecule has 1 fully saturated rings. The average molecular weight is 944 g/mol. The maximum absolute atomic E-state index is 12.9. The first-order chi connectivity index (χ1) is 26.5. The fraction of sp³-hybridized carbons (Fsp3) is 0.556. The molecular weight excluding hydrogens is 894 g/mol. The summed E-state index contributed by atoms with van der Waals surface area (Å²) in [5.41, 5.74) is 2.43. The second-order valence-electron chi connectivity index (χ2n) is 13.0. The molecule has 1 aliphatic rings. The van der Waals surface area contributed by atoms with Crippen LogP contribution in [0.1, 0.15) is 25.0 Å². The third kappa shape index (κ3) is 16.6. The van der Waals surface area contributed by atoms with Crippen molar-refractivity contribution in [1.82, 2.24) is 39.9 Å². The molecule has 20 heteroatoms. The van der Waals surface area contributed by atoms with Crippen LogP contribution in [-0.4, -0.2) is 169 Å². The number of hydrogen-bond donors (Lipinski definition) is 3. The van der Waals surface area contributed by atoms with Crippen molar-refractivity contribution in [1.29, 1.82) is 0 Å². The summed E-state index contributed by atoms with van der Waals surface area (Å²) in [5.74, 6) is -1.26. The van der Waals surface area contributed by atoms with Gasteiger partial charge in [0.1, 0.15) is 5.75 Å². The molecule has 56 heavy (non-hydrogen) atoms. The van der Waals surface area contributed by atoms with E-state index in [-0.39, 0.29) is 98.2 Å². The number of rotatable bonds is 20. The van der Waals surface area contributed by atoms with Crippen LogP contribution in [0.25, 0.3) is 11.0 Å². The van der Waals surface area contributed by atoms with Crippen LogP contribution >= 0.6 is 11.8 Å². The molecule has 18 nitrogen and oxygen atoms in total. The number of aromatic nitrogens is 3. The van der Waals surface area contributed by atoms with Crippen molar-refractivity contribution in [3.05, 3.63) is 36.2 Å². The molecule has 1 amide bonds. The smallest absolute Gasteiger partial charge is 0.549 e. The first-order valence-corrected chi connectivity index (χ1v) is 19.1. The van der Waals surface area contributed by atoms with E-state index in [0.29, 0.717) is 56.6 Å². The average Bonchev–Trinajstić information content (AvgIpc) is 3.56. The number of nitrogens with zero attached hydrogens (tertiary/aromatic N) is 6. The summed E-state index contributed by atoms with van der Waals surface area (Å²) in [6, 6.07) is 7.45. The van der Waals surface area contributed by atoms with Crippen molar-refractivity contribution >= 4 is 46.6 Å². The van der Waals surface area contributed by atoms with Gasteiger partial charge in [0.15, 0.2) is 16.7 Å². The van der Waals surface area contributed by atoms with Gasteiger partial charge in [0.05, 0.1) is 62.6 Å². The van der Waals surface area contributed by atoms with Crippen LogP contribution in [0.4, 0.5) is 0 Å². The van der Waals surface area contributed by atoms with Crippen molar-refractivity contribution < 1.29 is 88.6 Å². The number of pyridine rings is 1. The summed E-state index contributed by atoms with van der Waals surface area (Å²) in [6.45, 7) is 2.46. The zero-order valence-corrected chi connectivity index (χ0v) is 34.8. The predicted molar refractivity (Wildman–Crippen MR) is 199 cm³/mol. The van der Waals surface area contributed by atoms with E-state index in [1.165, 1.54) is 11.8 Å². The first kappa shape index (κ1) is 47.0. The van der Waals surface area contributed by atoms with E-state index in [2.05, 4.69) is 20.3 Å². The number of hydrogen-bond acceptors (Lipinski definition) is 16. The number of thioether (sulfide) groups is 1. The second-order valence-corrected chi connectivity index (χ2v) is 14.0. The van der Waals surface area contributed by atoms with E-state index in [4.69, 9.17) is 14.2 Å². The van der Waals surface area contributed by atoms with Crippen LogP contribution in [0.15, 0.2) is 35.6 Å². The number of methoxy groups -OCH3 is 2. The fourth-order valence-corrected chi connectivity index (χ4v) is 6.89. The van der Waals surface area contributed by atoms with Crippen molar-refractivity contribution in [2.45, 2.75) is 30.2 Å². The molecule has 0 saturated carbocycles. The standard InChI is InChI=1S/C36H52N8O10S.Gd/c1-52-30-8-10-37-29(35(30)53-2)25-55-36-39-27-7-6-26(20-28(27)40-36)54-19-5-3-4-9-38-31(45)21-41-11-13-42(22-32(46)47)15-17-44(24-34(50)51)18-16-43(14-12-41)23-33(48)49;/h6-8,10,20H,3-5,9,11-19,21-25H2,1-2H3,(H,38,45)(H,39,40)(H,46,47)(H,48,49)(H,50,51);/q;+2/p-2. The van der Waals surface area contributed by atoms with Gasteiger partial charge in [-0.3, -0.25) is 34.2 Å². The normalized spacial score (nSPS) is 15.2. The SMILES string of the molecule is COc1ccnc(CSc2nc3ccc(OCCCCCNC(=O)CN4CCN(CC(=O)[O-])CCN(CC(=O)[O-])CCN(CC(=O)O)CC4)cc3[nH]2)c1OC.[Gd+2]. The van der Waals surface area contributed by atoms with Gasteiger partial charge < -0.3 is 49.4 Å². The number of carboxylic acid groups (broad SMARTS) is 3. The topological polar surface area (TPSA) is 229 Å². The van der Waals surface area contributed by atoms with Gasteiger partial charge in [0, 0.05) is 96.1 Å². The van der Waals surface area contributed by atoms with Crippen LogP contribution in [0.5, 0.6) is 17.2 Å². The minimum atomic E-state index is -1.27. The fourth-order valence-electron chi connectivity index (χ4n) is 6.06. The van der Waals surface area contributed by atoms with Crippen molar-refractivity contribution in [3.63, 3.8) is 0 Å². The Kier molecular flexibility index (Phi) is 21.1. The Morgan fingerprint density at radius 3 is 2.02 bits per heavy atom. The minimum absolute atomic E-state index is 0. The van der Waals surface area contributed by atoms with Crippen LogP contribution < -0.4 is 29.7 Å². The van der Waals surface area contributed by atoms with Gasteiger partial charge in [-0.15, -0.1) is 0 Å². The summed E-state index contributed by atoms with van der Waals surface area (Å²) < 4.78 is 16.8. The van der Waals surface area contributed by atoms with Crippen LogP contribution in [-0.2, 0) is 24.9 Å². The monoisotopic (exact) mass is 944 g/mol. The molecular formula is C36H50GdN8O10S. The van der Waals surface area contributed by atoms with Gasteiger partial charge in [0.2, 0.25) is 5.91 Å². The number of aromatic amines is 1. The Labute approximate surface area is 362 Å². The van der Waals surface area contributed by atoms with E-state index in [1.54, 1.807) is 41.2 Å². The first-order valence-electron chi connectivity index (χ1n) is 18.1. The number of amides is 1. The number of benzene rings is 1. The van der Waals surface area contributed by atoms with Gasteiger partial charge in [0.25, 0.3) is 0 Å². The summed E-state index contributed by atoms with van der Waals surface area (Å²) in [6.07, 6.45) is 4.04. The number of fused-ring (bicyclic) bond motifs is 1. The number of H-pyrrole nitrogens is 1. The molecule has 0 aliphatic carbocycles. The van der Waals surface area contributed by atoms with E-state index in [1.807, 2.05) is 23.1 Å².